The Labute approximate surface area is 86.1 Å². The quantitative estimate of drug-likeness (QED) is 0.571. The van der Waals surface area contributed by atoms with E-state index in [2.05, 4.69) is 4.98 Å². The molecular formula is C10H11NO4. The van der Waals surface area contributed by atoms with Crippen molar-refractivity contribution < 1.29 is 14.3 Å². The smallest absolute Gasteiger partial charge is 0.310 e. The summed E-state index contributed by atoms with van der Waals surface area (Å²) in [5, 5.41) is 0. The number of carbonyl (C=O) groups excluding carboxylic acids is 2. The number of H-pyrrole nitrogens is 1. The second kappa shape index (κ2) is 5.09. The zero-order chi connectivity index (χ0) is 11.3. The minimum Gasteiger partial charge on any atom is -0.466 e. The highest BCUT2D eigenvalue weighted by atomic mass is 16.5. The Hall–Kier alpha value is -1.91. The Morgan fingerprint density at radius 3 is 2.93 bits per heavy atom. The minimum atomic E-state index is -0.494. The van der Waals surface area contributed by atoms with Gasteiger partial charge < -0.3 is 9.72 Å². The second-order valence-electron chi connectivity index (χ2n) is 2.85. The lowest BCUT2D eigenvalue weighted by molar-refractivity contribution is -0.142. The van der Waals surface area contributed by atoms with Crippen molar-refractivity contribution in [2.45, 2.75) is 13.3 Å². The van der Waals surface area contributed by atoms with Crippen LogP contribution in [0.3, 0.4) is 0 Å². The fourth-order valence-corrected chi connectivity index (χ4v) is 1.18. The zero-order valence-electron chi connectivity index (χ0n) is 8.28. The monoisotopic (exact) mass is 209 g/mol. The number of aromatic nitrogens is 1. The molecule has 0 atom stereocenters. The van der Waals surface area contributed by atoms with E-state index in [1.807, 2.05) is 0 Å². The minimum absolute atomic E-state index is 0.0226. The summed E-state index contributed by atoms with van der Waals surface area (Å²) in [4.78, 5) is 35.3. The van der Waals surface area contributed by atoms with Gasteiger partial charge in [0.15, 0.2) is 6.29 Å². The third kappa shape index (κ3) is 2.77. The van der Waals surface area contributed by atoms with Crippen LogP contribution in [0.1, 0.15) is 22.8 Å². The fraction of sp³-hybridized carbons (Fsp3) is 0.300. The van der Waals surface area contributed by atoms with Gasteiger partial charge >= 0.3 is 5.97 Å². The van der Waals surface area contributed by atoms with E-state index in [9.17, 15) is 14.4 Å². The SMILES string of the molecule is CCOC(=O)Cc1cc[nH]c(=O)c1C=O. The highest BCUT2D eigenvalue weighted by Crippen LogP contribution is 2.02. The number of hydrogen-bond donors (Lipinski definition) is 1. The van der Waals surface area contributed by atoms with E-state index in [4.69, 9.17) is 4.74 Å². The summed E-state index contributed by atoms with van der Waals surface area (Å²) in [5.74, 6) is -0.453. The van der Waals surface area contributed by atoms with Crippen LogP contribution >= 0.6 is 0 Å². The Morgan fingerprint density at radius 2 is 2.33 bits per heavy atom. The van der Waals surface area contributed by atoms with Gasteiger partial charge in [-0.3, -0.25) is 14.4 Å². The van der Waals surface area contributed by atoms with Gasteiger partial charge in [0, 0.05) is 6.20 Å². The van der Waals surface area contributed by atoms with Crippen molar-refractivity contribution in [3.05, 3.63) is 33.7 Å². The van der Waals surface area contributed by atoms with Gasteiger partial charge in [-0.2, -0.15) is 0 Å². The van der Waals surface area contributed by atoms with E-state index >= 15 is 0 Å². The number of pyridine rings is 1. The van der Waals surface area contributed by atoms with E-state index in [1.54, 1.807) is 6.92 Å². The molecule has 0 aliphatic carbocycles. The summed E-state index contributed by atoms with van der Waals surface area (Å²) in [6, 6.07) is 1.52. The number of aldehydes is 1. The van der Waals surface area contributed by atoms with Crippen LogP contribution in [0.4, 0.5) is 0 Å². The lowest BCUT2D eigenvalue weighted by Gasteiger charge is -2.03. The first-order chi connectivity index (χ1) is 7.19. The maximum absolute atomic E-state index is 11.2. The zero-order valence-corrected chi connectivity index (χ0v) is 8.28. The molecule has 0 saturated heterocycles. The first-order valence-electron chi connectivity index (χ1n) is 4.50. The topological polar surface area (TPSA) is 76.2 Å². The summed E-state index contributed by atoms with van der Waals surface area (Å²) >= 11 is 0. The summed E-state index contributed by atoms with van der Waals surface area (Å²) in [6.45, 7) is 1.97. The van der Waals surface area contributed by atoms with Crippen molar-refractivity contribution in [3.63, 3.8) is 0 Å². The summed E-state index contributed by atoms with van der Waals surface area (Å²) < 4.78 is 4.72. The Kier molecular flexibility index (Phi) is 3.79. The largest absolute Gasteiger partial charge is 0.466 e. The normalized spacial score (nSPS) is 9.67. The van der Waals surface area contributed by atoms with Crippen LogP contribution in [-0.2, 0) is 16.0 Å². The molecule has 1 N–H and O–H groups in total. The maximum atomic E-state index is 11.2. The van der Waals surface area contributed by atoms with Crippen LogP contribution < -0.4 is 5.56 Å². The van der Waals surface area contributed by atoms with Crippen LogP contribution in [0.2, 0.25) is 0 Å². The first kappa shape index (κ1) is 11.2. The van der Waals surface area contributed by atoms with Crippen LogP contribution in [0, 0.1) is 0 Å². The third-order valence-corrected chi connectivity index (χ3v) is 1.85. The Bertz CT molecular complexity index is 422. The number of ether oxygens (including phenoxy) is 1. The standard InChI is InChI=1S/C10H11NO4/c1-2-15-9(13)5-7-3-4-11-10(14)8(7)6-12/h3-4,6H,2,5H2,1H3,(H,11,14). The van der Waals surface area contributed by atoms with Gasteiger partial charge in [0.05, 0.1) is 18.6 Å². The Morgan fingerprint density at radius 1 is 1.60 bits per heavy atom. The van der Waals surface area contributed by atoms with Crippen molar-refractivity contribution in [1.82, 2.24) is 4.98 Å². The molecule has 5 nitrogen and oxygen atoms in total. The highest BCUT2D eigenvalue weighted by Gasteiger charge is 2.10. The molecule has 1 aromatic rings. The van der Waals surface area contributed by atoms with Crippen molar-refractivity contribution in [2.75, 3.05) is 6.61 Å². The van der Waals surface area contributed by atoms with E-state index in [1.165, 1.54) is 12.3 Å². The van der Waals surface area contributed by atoms with E-state index in [0.29, 0.717) is 11.8 Å². The lowest BCUT2D eigenvalue weighted by Crippen LogP contribution is -2.17. The lowest BCUT2D eigenvalue weighted by atomic mass is 10.1. The van der Waals surface area contributed by atoms with E-state index in [-0.39, 0.29) is 18.6 Å². The van der Waals surface area contributed by atoms with Gasteiger partial charge in [-0.05, 0) is 18.6 Å². The molecule has 0 saturated carbocycles. The predicted octanol–water partition coefficient (Wildman–Crippen LogP) is 0.293. The van der Waals surface area contributed by atoms with E-state index in [0.717, 1.165) is 0 Å². The molecule has 0 spiro atoms. The molecule has 0 radical (unpaired) electrons. The molecule has 0 aliphatic rings. The van der Waals surface area contributed by atoms with Crippen molar-refractivity contribution in [1.29, 1.82) is 0 Å². The number of carbonyl (C=O) groups is 2. The molecule has 15 heavy (non-hydrogen) atoms. The van der Waals surface area contributed by atoms with Crippen molar-refractivity contribution in [3.8, 4) is 0 Å². The van der Waals surface area contributed by atoms with Gasteiger partial charge in [0.1, 0.15) is 0 Å². The molecular weight excluding hydrogens is 198 g/mol. The Balaban J connectivity index is 2.94. The number of aromatic amines is 1. The molecule has 5 heteroatoms. The molecule has 0 bridgehead atoms. The summed E-state index contributed by atoms with van der Waals surface area (Å²) in [7, 11) is 0. The van der Waals surface area contributed by atoms with Gasteiger partial charge in [-0.15, -0.1) is 0 Å². The fourth-order valence-electron chi connectivity index (χ4n) is 1.18. The molecule has 0 amide bonds. The number of rotatable bonds is 4. The number of esters is 1. The molecule has 1 aromatic heterocycles. The number of nitrogens with one attached hydrogen (secondary N) is 1. The highest BCUT2D eigenvalue weighted by molar-refractivity contribution is 5.81. The van der Waals surface area contributed by atoms with Crippen LogP contribution in [0.5, 0.6) is 0 Å². The van der Waals surface area contributed by atoms with Crippen LogP contribution in [0.15, 0.2) is 17.1 Å². The molecule has 0 unspecified atom stereocenters. The summed E-state index contributed by atoms with van der Waals surface area (Å²) in [5.41, 5.74) is -0.135. The van der Waals surface area contributed by atoms with Crippen molar-refractivity contribution in [2.24, 2.45) is 0 Å². The average molecular weight is 209 g/mol. The second-order valence-corrected chi connectivity index (χ2v) is 2.85. The van der Waals surface area contributed by atoms with Gasteiger partial charge in [0.2, 0.25) is 0 Å². The molecule has 0 fully saturated rings. The predicted molar refractivity (Wildman–Crippen MR) is 52.8 cm³/mol. The number of hydrogen-bond acceptors (Lipinski definition) is 4. The average Bonchev–Trinajstić information content (AvgIpc) is 2.18. The van der Waals surface area contributed by atoms with Gasteiger partial charge in [-0.25, -0.2) is 0 Å². The van der Waals surface area contributed by atoms with Gasteiger partial charge in [0.25, 0.3) is 5.56 Å². The van der Waals surface area contributed by atoms with Crippen LogP contribution in [0.25, 0.3) is 0 Å². The van der Waals surface area contributed by atoms with Gasteiger partial charge in [-0.1, -0.05) is 0 Å². The molecule has 80 valence electrons. The third-order valence-electron chi connectivity index (χ3n) is 1.85. The molecule has 0 aromatic carbocycles. The molecule has 1 heterocycles. The maximum Gasteiger partial charge on any atom is 0.310 e. The summed E-state index contributed by atoms with van der Waals surface area (Å²) in [6.07, 6.45) is 1.77. The molecule has 1 rings (SSSR count). The molecule has 0 aliphatic heterocycles. The van der Waals surface area contributed by atoms with E-state index < -0.39 is 11.5 Å². The van der Waals surface area contributed by atoms with Crippen LogP contribution in [-0.4, -0.2) is 23.8 Å². The van der Waals surface area contributed by atoms with Crippen molar-refractivity contribution >= 4 is 12.3 Å². The first-order valence-corrected chi connectivity index (χ1v) is 4.50.